The minimum atomic E-state index is -0.169. The summed E-state index contributed by atoms with van der Waals surface area (Å²) < 4.78 is 0. The molecule has 2 unspecified atom stereocenters. The van der Waals surface area contributed by atoms with Crippen molar-refractivity contribution < 1.29 is 15.0 Å². The highest BCUT2D eigenvalue weighted by molar-refractivity contribution is 8.14. The molecule has 3 nitrogen and oxygen atoms in total. The maximum absolute atomic E-state index is 12.0. The molecule has 234 valence electrons. The Morgan fingerprint density at radius 1 is 0.780 bits per heavy atom. The van der Waals surface area contributed by atoms with E-state index in [1.165, 1.54) is 165 Å². The van der Waals surface area contributed by atoms with Gasteiger partial charge in [0, 0.05) is 5.75 Å². The molecule has 4 heteroatoms. The van der Waals surface area contributed by atoms with Crippen LogP contribution in [0.5, 0.6) is 11.5 Å². The maximum atomic E-state index is 12.0. The summed E-state index contributed by atoms with van der Waals surface area (Å²) in [5.41, 5.74) is 0.703. The Kier molecular flexibility index (Phi) is 20.1. The zero-order valence-corrected chi connectivity index (χ0v) is 27.4. The molecule has 2 N–H and O–H groups in total. The monoisotopic (exact) mass is 586 g/mol. The topological polar surface area (TPSA) is 57.5 Å². The first-order valence-corrected chi connectivity index (χ1v) is 18.3. The summed E-state index contributed by atoms with van der Waals surface area (Å²) in [4.78, 5) is 12.0. The summed E-state index contributed by atoms with van der Waals surface area (Å²) in [5, 5.41) is 18.9. The highest BCUT2D eigenvalue weighted by Crippen LogP contribution is 2.37. The fraction of sp³-hybridized carbons (Fsp3) is 0.757. The van der Waals surface area contributed by atoms with Crippen LogP contribution in [0.15, 0.2) is 24.3 Å². The smallest absolute Gasteiger partial charge is 0.212 e. The van der Waals surface area contributed by atoms with Crippen molar-refractivity contribution in [3.8, 4) is 11.5 Å². The van der Waals surface area contributed by atoms with E-state index in [4.69, 9.17) is 0 Å². The van der Waals surface area contributed by atoms with E-state index in [2.05, 4.69) is 13.8 Å². The molecule has 0 aliphatic heterocycles. The molecule has 0 heterocycles. The SMILES string of the molecule is CC(CCCCCCCCCCCCCCCCCCCSC(=O)C=Cc1ccc(O)c(O)c1)CC(C)C1CCC1. The van der Waals surface area contributed by atoms with Gasteiger partial charge < -0.3 is 10.2 Å². The Balaban J connectivity index is 1.25. The minimum Gasteiger partial charge on any atom is -0.504 e. The second-order valence-electron chi connectivity index (χ2n) is 13.1. The van der Waals surface area contributed by atoms with Crippen LogP contribution in [-0.2, 0) is 4.79 Å². The lowest BCUT2D eigenvalue weighted by Crippen LogP contribution is -2.21. The molecule has 1 aliphatic rings. The molecule has 0 bridgehead atoms. The lowest BCUT2D eigenvalue weighted by molar-refractivity contribution is -0.107. The molecule has 0 spiro atoms. The number of carbonyl (C=O) groups excluding carboxylic acids is 1. The zero-order valence-electron chi connectivity index (χ0n) is 26.6. The summed E-state index contributed by atoms with van der Waals surface area (Å²) in [7, 11) is 0. The van der Waals surface area contributed by atoms with Crippen molar-refractivity contribution in [3.05, 3.63) is 29.8 Å². The highest BCUT2D eigenvalue weighted by Gasteiger charge is 2.24. The van der Waals surface area contributed by atoms with Crippen LogP contribution in [0.3, 0.4) is 0 Å². The maximum Gasteiger partial charge on any atom is 0.212 e. The van der Waals surface area contributed by atoms with Crippen LogP contribution < -0.4 is 0 Å². The summed E-state index contributed by atoms with van der Waals surface area (Å²) >= 11 is 1.36. The van der Waals surface area contributed by atoms with Crippen LogP contribution >= 0.6 is 11.8 Å². The van der Waals surface area contributed by atoms with E-state index in [1.807, 2.05) is 0 Å². The van der Waals surface area contributed by atoms with Crippen LogP contribution in [0.2, 0.25) is 0 Å². The molecule has 1 fully saturated rings. The summed E-state index contributed by atoms with van der Waals surface area (Å²) in [6.07, 6.45) is 34.0. The summed E-state index contributed by atoms with van der Waals surface area (Å²) in [5.74, 6) is 3.51. The number of phenols is 2. The van der Waals surface area contributed by atoms with Crippen LogP contribution in [0.25, 0.3) is 6.08 Å². The number of thioether (sulfide) groups is 1. The van der Waals surface area contributed by atoms with E-state index in [9.17, 15) is 15.0 Å². The van der Waals surface area contributed by atoms with Crippen molar-refractivity contribution >= 4 is 23.0 Å². The molecule has 41 heavy (non-hydrogen) atoms. The van der Waals surface area contributed by atoms with Gasteiger partial charge in [0.2, 0.25) is 5.12 Å². The Morgan fingerprint density at radius 2 is 1.29 bits per heavy atom. The number of carbonyl (C=O) groups is 1. The summed E-state index contributed by atoms with van der Waals surface area (Å²) in [6.45, 7) is 4.98. The average Bonchev–Trinajstić information content (AvgIpc) is 2.91. The van der Waals surface area contributed by atoms with Gasteiger partial charge in [0.25, 0.3) is 0 Å². The van der Waals surface area contributed by atoms with Crippen LogP contribution in [-0.4, -0.2) is 21.1 Å². The van der Waals surface area contributed by atoms with Gasteiger partial charge in [0.15, 0.2) is 11.5 Å². The van der Waals surface area contributed by atoms with Gasteiger partial charge in [0.05, 0.1) is 0 Å². The highest BCUT2D eigenvalue weighted by atomic mass is 32.2. The van der Waals surface area contributed by atoms with Crippen LogP contribution in [0, 0.1) is 17.8 Å². The molecule has 1 aliphatic carbocycles. The number of hydrogen-bond acceptors (Lipinski definition) is 4. The van der Waals surface area contributed by atoms with E-state index in [0.717, 1.165) is 29.9 Å². The molecule has 1 saturated carbocycles. The van der Waals surface area contributed by atoms with Gasteiger partial charge >= 0.3 is 0 Å². The summed E-state index contributed by atoms with van der Waals surface area (Å²) in [6, 6.07) is 4.55. The van der Waals surface area contributed by atoms with Crippen molar-refractivity contribution in [2.75, 3.05) is 5.75 Å². The van der Waals surface area contributed by atoms with E-state index >= 15 is 0 Å². The third kappa shape index (κ3) is 18.0. The fourth-order valence-electron chi connectivity index (χ4n) is 6.23. The molecule has 0 aromatic heterocycles. The number of aromatic hydroxyl groups is 2. The molecule has 1 aromatic rings. The van der Waals surface area contributed by atoms with Crippen molar-refractivity contribution in [1.29, 1.82) is 0 Å². The molecule has 0 saturated heterocycles. The Labute approximate surface area is 257 Å². The lowest BCUT2D eigenvalue weighted by Gasteiger charge is -2.33. The lowest BCUT2D eigenvalue weighted by atomic mass is 9.73. The van der Waals surface area contributed by atoms with Gasteiger partial charge in [-0.25, -0.2) is 0 Å². The molecule has 2 rings (SSSR count). The van der Waals surface area contributed by atoms with E-state index < -0.39 is 0 Å². The number of rotatable bonds is 25. The number of hydrogen-bond donors (Lipinski definition) is 2. The quantitative estimate of drug-likeness (QED) is 0.0679. The second kappa shape index (κ2) is 23.1. The van der Waals surface area contributed by atoms with Crippen molar-refractivity contribution in [3.63, 3.8) is 0 Å². The molecule has 0 amide bonds. The Bertz CT molecular complexity index is 831. The zero-order chi connectivity index (χ0) is 29.5. The van der Waals surface area contributed by atoms with Gasteiger partial charge in [0.1, 0.15) is 0 Å². The number of benzene rings is 1. The number of phenolic OH excluding ortho intramolecular Hbond substituents is 2. The van der Waals surface area contributed by atoms with Crippen molar-refractivity contribution in [2.24, 2.45) is 17.8 Å². The van der Waals surface area contributed by atoms with Crippen LogP contribution in [0.1, 0.15) is 161 Å². The second-order valence-corrected chi connectivity index (χ2v) is 14.2. The fourth-order valence-corrected chi connectivity index (χ4v) is 6.94. The predicted molar refractivity (Wildman–Crippen MR) is 180 cm³/mol. The van der Waals surface area contributed by atoms with Gasteiger partial charge in [-0.15, -0.1) is 0 Å². The van der Waals surface area contributed by atoms with Crippen molar-refractivity contribution in [2.45, 2.75) is 155 Å². The van der Waals surface area contributed by atoms with Crippen molar-refractivity contribution in [1.82, 2.24) is 0 Å². The first-order valence-electron chi connectivity index (χ1n) is 17.3. The van der Waals surface area contributed by atoms with Crippen LogP contribution in [0.4, 0.5) is 0 Å². The molecular weight excluding hydrogens is 524 g/mol. The standard InChI is InChI=1S/C37H62O3S/c1-31(29-32(2)34-22-20-23-34)21-18-16-14-12-10-8-6-4-3-5-7-9-11-13-15-17-19-28-41-37(40)27-25-33-24-26-35(38)36(39)30-33/h24-27,30-32,34,38-39H,3-23,28-29H2,1-2H3. The van der Waals surface area contributed by atoms with E-state index in [-0.39, 0.29) is 16.6 Å². The average molecular weight is 587 g/mol. The van der Waals surface area contributed by atoms with Gasteiger partial charge in [-0.05, 0) is 54.4 Å². The van der Waals surface area contributed by atoms with Gasteiger partial charge in [-0.2, -0.15) is 0 Å². The van der Waals surface area contributed by atoms with E-state index in [0.29, 0.717) is 5.56 Å². The minimum absolute atomic E-state index is 0.0390. The van der Waals surface area contributed by atoms with Gasteiger partial charge in [-0.1, -0.05) is 166 Å². The largest absolute Gasteiger partial charge is 0.504 e. The normalized spacial score (nSPS) is 15.3. The molecule has 0 radical (unpaired) electrons. The third-order valence-corrected chi connectivity index (χ3v) is 10.1. The first-order chi connectivity index (χ1) is 20.0. The van der Waals surface area contributed by atoms with Gasteiger partial charge in [-0.3, -0.25) is 4.79 Å². The first kappa shape index (κ1) is 35.8. The number of unbranched alkanes of at least 4 members (excludes halogenated alkanes) is 16. The molecule has 2 atom stereocenters. The Hall–Kier alpha value is -1.42. The molecular formula is C37H62O3S. The van der Waals surface area contributed by atoms with E-state index in [1.54, 1.807) is 12.1 Å². The predicted octanol–water partition coefficient (Wildman–Crippen LogP) is 11.9. The Morgan fingerprint density at radius 3 is 1.78 bits per heavy atom. The third-order valence-electron chi connectivity index (χ3n) is 9.23. The molecule has 1 aromatic carbocycles.